The van der Waals surface area contributed by atoms with Crippen molar-refractivity contribution in [2.75, 3.05) is 19.0 Å². The molecule has 0 saturated carbocycles. The highest BCUT2D eigenvalue weighted by Crippen LogP contribution is 2.34. The van der Waals surface area contributed by atoms with E-state index < -0.39 is 0 Å². The van der Waals surface area contributed by atoms with Crippen LogP contribution < -0.4 is 10.1 Å². The van der Waals surface area contributed by atoms with E-state index in [2.05, 4.69) is 17.4 Å². The minimum atomic E-state index is 0.727. The zero-order valence-electron chi connectivity index (χ0n) is 14.1. The summed E-state index contributed by atoms with van der Waals surface area (Å²) in [4.78, 5) is 0. The molecule has 0 bridgehead atoms. The Morgan fingerprint density at radius 1 is 1.04 bits per heavy atom. The van der Waals surface area contributed by atoms with Gasteiger partial charge in [-0.15, -0.1) is 0 Å². The maximum atomic E-state index is 6.04. The van der Waals surface area contributed by atoms with Crippen LogP contribution in [0.15, 0.2) is 48.5 Å². The molecule has 4 rings (SSSR count). The van der Waals surface area contributed by atoms with Crippen molar-refractivity contribution in [3.05, 3.63) is 59.1 Å². The van der Waals surface area contributed by atoms with Crippen molar-refractivity contribution in [1.29, 1.82) is 0 Å². The van der Waals surface area contributed by atoms with Crippen LogP contribution >= 0.6 is 11.6 Å². The number of methoxy groups -OCH3 is 1. The lowest BCUT2D eigenvalue weighted by Gasteiger charge is -2.09. The molecule has 128 valence electrons. The average molecular weight is 354 g/mol. The summed E-state index contributed by atoms with van der Waals surface area (Å²) < 4.78 is 7.27. The van der Waals surface area contributed by atoms with Crippen LogP contribution in [0, 0.1) is 0 Å². The average Bonchev–Trinajstić information content (AvgIpc) is 2.84. The Morgan fingerprint density at radius 3 is 2.52 bits per heavy atom. The van der Waals surface area contributed by atoms with Crippen LogP contribution in [0.25, 0.3) is 16.9 Å². The van der Waals surface area contributed by atoms with Gasteiger partial charge in [0.2, 0.25) is 0 Å². The van der Waals surface area contributed by atoms with Gasteiger partial charge in [0.1, 0.15) is 11.6 Å². The molecule has 4 nitrogen and oxygen atoms in total. The topological polar surface area (TPSA) is 39.1 Å². The zero-order valence-corrected chi connectivity index (χ0v) is 14.9. The van der Waals surface area contributed by atoms with E-state index in [1.807, 2.05) is 41.1 Å². The molecule has 1 aliphatic rings. The number of hydrogen-bond acceptors (Lipinski definition) is 3. The molecule has 0 fully saturated rings. The number of anilines is 1. The number of rotatable bonds is 3. The second-order valence-corrected chi connectivity index (χ2v) is 6.61. The lowest BCUT2D eigenvalue weighted by molar-refractivity contribution is 0.415. The van der Waals surface area contributed by atoms with Crippen LogP contribution in [0.5, 0.6) is 5.75 Å². The maximum absolute atomic E-state index is 6.04. The minimum Gasteiger partial charge on any atom is -0.497 e. The molecule has 2 aromatic carbocycles. The van der Waals surface area contributed by atoms with Crippen LogP contribution in [-0.2, 0) is 6.42 Å². The lowest BCUT2D eigenvalue weighted by atomic mass is 10.0. The van der Waals surface area contributed by atoms with E-state index in [-0.39, 0.29) is 0 Å². The number of benzene rings is 2. The van der Waals surface area contributed by atoms with Crippen LogP contribution in [-0.4, -0.2) is 23.4 Å². The highest BCUT2D eigenvalue weighted by atomic mass is 35.5. The number of nitrogens with zero attached hydrogens (tertiary/aromatic N) is 2. The standard InChI is InChI=1S/C20H20ClN3O/c1-25-17-11-5-14(6-12-17)19-18-4-2-3-13-22-20(18)24(23-19)16-9-7-15(21)8-10-16/h5-12,22H,2-4,13H2,1H3. The van der Waals surface area contributed by atoms with Crippen LogP contribution in [0.2, 0.25) is 5.02 Å². The van der Waals surface area contributed by atoms with Crippen molar-refractivity contribution in [3.8, 4) is 22.7 Å². The van der Waals surface area contributed by atoms with Gasteiger partial charge in [-0.05, 0) is 67.8 Å². The van der Waals surface area contributed by atoms with E-state index in [4.69, 9.17) is 21.4 Å². The maximum Gasteiger partial charge on any atom is 0.133 e. The molecule has 1 aromatic heterocycles. The Hall–Kier alpha value is -2.46. The number of ether oxygens (including phenoxy) is 1. The molecule has 0 radical (unpaired) electrons. The molecule has 0 amide bonds. The summed E-state index contributed by atoms with van der Waals surface area (Å²) in [6.07, 6.45) is 3.35. The van der Waals surface area contributed by atoms with Gasteiger partial charge < -0.3 is 10.1 Å². The van der Waals surface area contributed by atoms with Crippen molar-refractivity contribution in [1.82, 2.24) is 9.78 Å². The van der Waals surface area contributed by atoms with Gasteiger partial charge >= 0.3 is 0 Å². The Labute approximate surface area is 152 Å². The molecular formula is C20H20ClN3O. The first kappa shape index (κ1) is 16.0. The van der Waals surface area contributed by atoms with Gasteiger partial charge in [-0.2, -0.15) is 5.10 Å². The molecule has 1 N–H and O–H groups in total. The second-order valence-electron chi connectivity index (χ2n) is 6.18. The molecule has 1 aliphatic heterocycles. The van der Waals surface area contributed by atoms with Crippen molar-refractivity contribution in [2.45, 2.75) is 19.3 Å². The third-order valence-corrected chi connectivity index (χ3v) is 4.82. The van der Waals surface area contributed by atoms with Gasteiger partial charge in [0, 0.05) is 22.7 Å². The molecule has 0 spiro atoms. The van der Waals surface area contributed by atoms with E-state index >= 15 is 0 Å². The first-order valence-electron chi connectivity index (χ1n) is 8.52. The van der Waals surface area contributed by atoms with E-state index in [0.29, 0.717) is 0 Å². The quantitative estimate of drug-likeness (QED) is 0.724. The van der Waals surface area contributed by atoms with Crippen LogP contribution in [0.1, 0.15) is 18.4 Å². The smallest absolute Gasteiger partial charge is 0.133 e. The number of hydrogen-bond donors (Lipinski definition) is 1. The van der Waals surface area contributed by atoms with Gasteiger partial charge in [-0.1, -0.05) is 11.6 Å². The molecule has 0 saturated heterocycles. The summed E-state index contributed by atoms with van der Waals surface area (Å²) in [5.41, 5.74) is 4.42. The molecule has 0 aliphatic carbocycles. The number of aromatic nitrogens is 2. The second kappa shape index (κ2) is 6.81. The van der Waals surface area contributed by atoms with E-state index in [0.717, 1.165) is 59.3 Å². The normalized spacial score (nSPS) is 13.7. The zero-order chi connectivity index (χ0) is 17.2. The molecule has 25 heavy (non-hydrogen) atoms. The van der Waals surface area contributed by atoms with Gasteiger partial charge in [-0.25, -0.2) is 4.68 Å². The van der Waals surface area contributed by atoms with E-state index in [9.17, 15) is 0 Å². The number of fused-ring (bicyclic) bond motifs is 1. The van der Waals surface area contributed by atoms with Gasteiger partial charge in [0.25, 0.3) is 0 Å². The first-order valence-corrected chi connectivity index (χ1v) is 8.90. The van der Waals surface area contributed by atoms with Gasteiger partial charge in [0.05, 0.1) is 18.5 Å². The highest BCUT2D eigenvalue weighted by Gasteiger charge is 2.21. The Kier molecular flexibility index (Phi) is 4.36. The predicted molar refractivity (Wildman–Crippen MR) is 102 cm³/mol. The van der Waals surface area contributed by atoms with Crippen molar-refractivity contribution in [2.24, 2.45) is 0 Å². The van der Waals surface area contributed by atoms with Gasteiger partial charge in [0.15, 0.2) is 0 Å². The monoisotopic (exact) mass is 353 g/mol. The van der Waals surface area contributed by atoms with Crippen LogP contribution in [0.4, 0.5) is 5.82 Å². The molecule has 5 heteroatoms. The predicted octanol–water partition coefficient (Wildman–Crippen LogP) is 4.95. The highest BCUT2D eigenvalue weighted by molar-refractivity contribution is 6.30. The number of halogens is 1. The van der Waals surface area contributed by atoms with Gasteiger partial charge in [-0.3, -0.25) is 0 Å². The summed E-state index contributed by atoms with van der Waals surface area (Å²) in [5, 5.41) is 9.22. The SMILES string of the molecule is COc1ccc(-c2nn(-c3ccc(Cl)cc3)c3c2CCCCN3)cc1. The van der Waals surface area contributed by atoms with Crippen molar-refractivity contribution < 1.29 is 4.74 Å². The molecule has 0 unspecified atom stereocenters. The third kappa shape index (κ3) is 3.10. The first-order chi connectivity index (χ1) is 12.3. The fourth-order valence-corrected chi connectivity index (χ4v) is 3.38. The lowest BCUT2D eigenvalue weighted by Crippen LogP contribution is -2.07. The Morgan fingerprint density at radius 2 is 1.80 bits per heavy atom. The third-order valence-electron chi connectivity index (χ3n) is 4.56. The Bertz CT molecular complexity index is 869. The molecule has 0 atom stereocenters. The Balaban J connectivity index is 1.85. The van der Waals surface area contributed by atoms with Crippen LogP contribution in [0.3, 0.4) is 0 Å². The fraction of sp³-hybridized carbons (Fsp3) is 0.250. The molecule has 3 aromatic rings. The summed E-state index contributed by atoms with van der Waals surface area (Å²) in [6.45, 7) is 0.967. The minimum absolute atomic E-state index is 0.727. The summed E-state index contributed by atoms with van der Waals surface area (Å²) in [6, 6.07) is 15.9. The molecular weight excluding hydrogens is 334 g/mol. The number of nitrogens with one attached hydrogen (secondary N) is 1. The fourth-order valence-electron chi connectivity index (χ4n) is 3.25. The van der Waals surface area contributed by atoms with E-state index in [1.54, 1.807) is 7.11 Å². The van der Waals surface area contributed by atoms with Crippen molar-refractivity contribution >= 4 is 17.4 Å². The molecule has 2 heterocycles. The summed E-state index contributed by atoms with van der Waals surface area (Å²) >= 11 is 6.04. The summed E-state index contributed by atoms with van der Waals surface area (Å²) in [7, 11) is 1.68. The van der Waals surface area contributed by atoms with E-state index in [1.165, 1.54) is 5.56 Å². The van der Waals surface area contributed by atoms with Crippen molar-refractivity contribution in [3.63, 3.8) is 0 Å². The largest absolute Gasteiger partial charge is 0.497 e. The summed E-state index contributed by atoms with van der Waals surface area (Å²) in [5.74, 6) is 1.94.